The second kappa shape index (κ2) is 5.67. The van der Waals surface area contributed by atoms with Crippen molar-refractivity contribution in [3.63, 3.8) is 0 Å². The Labute approximate surface area is 139 Å². The van der Waals surface area contributed by atoms with Crippen molar-refractivity contribution in [1.82, 2.24) is 4.90 Å². The summed E-state index contributed by atoms with van der Waals surface area (Å²) in [6.07, 6.45) is 6.25. The Morgan fingerprint density at radius 2 is 2.08 bits per heavy atom. The summed E-state index contributed by atoms with van der Waals surface area (Å²) in [5.74, 6) is 0.227. The molecular formula is C19H17NO4. The molecule has 5 nitrogen and oxygen atoms in total. The fourth-order valence-corrected chi connectivity index (χ4v) is 3.50. The molecule has 4 rings (SSSR count). The summed E-state index contributed by atoms with van der Waals surface area (Å²) in [6, 6.07) is 11.0. The van der Waals surface area contributed by atoms with Gasteiger partial charge in [0.1, 0.15) is 5.76 Å². The van der Waals surface area contributed by atoms with Crippen LogP contribution in [0.5, 0.6) is 0 Å². The fraction of sp³-hybridized carbons (Fsp3) is 0.263. The molecule has 3 heterocycles. The lowest BCUT2D eigenvalue weighted by Gasteiger charge is -2.39. The van der Waals surface area contributed by atoms with E-state index in [4.69, 9.17) is 9.15 Å². The van der Waals surface area contributed by atoms with Crippen LogP contribution < -0.4 is 0 Å². The standard InChI is InChI=1S/C19H17NO4/c21-17(9-8-14-5-3-12-23-14)20-11-4-10-19(13-20)16-7-2-1-6-15(16)18(22)24-19/h1-3,5-9,12H,4,10-11,13H2/b9-8+/t19-/m1/s1. The Balaban J connectivity index is 1.56. The molecule has 1 atom stereocenters. The van der Waals surface area contributed by atoms with E-state index in [0.717, 1.165) is 18.4 Å². The van der Waals surface area contributed by atoms with Crippen LogP contribution >= 0.6 is 0 Å². The van der Waals surface area contributed by atoms with Crippen LogP contribution in [0.15, 0.2) is 53.2 Å². The number of rotatable bonds is 2. The van der Waals surface area contributed by atoms with Crippen molar-refractivity contribution < 1.29 is 18.7 Å². The van der Waals surface area contributed by atoms with E-state index in [1.165, 1.54) is 6.08 Å². The lowest BCUT2D eigenvalue weighted by atomic mass is 9.85. The van der Waals surface area contributed by atoms with Crippen LogP contribution in [0.2, 0.25) is 0 Å². The van der Waals surface area contributed by atoms with Gasteiger partial charge in [0.25, 0.3) is 0 Å². The van der Waals surface area contributed by atoms with E-state index in [0.29, 0.717) is 24.4 Å². The summed E-state index contributed by atoms with van der Waals surface area (Å²) in [5.41, 5.74) is 0.792. The third kappa shape index (κ3) is 2.42. The Bertz CT molecular complexity index is 809. The van der Waals surface area contributed by atoms with Crippen molar-refractivity contribution in [1.29, 1.82) is 0 Å². The molecule has 0 radical (unpaired) electrons. The first-order valence-corrected chi connectivity index (χ1v) is 8.01. The molecule has 0 bridgehead atoms. The minimum absolute atomic E-state index is 0.106. The molecular weight excluding hydrogens is 306 g/mol. The molecule has 24 heavy (non-hydrogen) atoms. The van der Waals surface area contributed by atoms with E-state index < -0.39 is 5.60 Å². The third-order valence-corrected chi connectivity index (χ3v) is 4.63. The SMILES string of the molecule is O=C1O[C@@]2(CCCN(C(=O)/C=C/c3ccco3)C2)c2ccccc21. The molecule has 1 saturated heterocycles. The molecule has 0 unspecified atom stereocenters. The zero-order valence-electron chi connectivity index (χ0n) is 13.1. The maximum atomic E-state index is 12.5. The van der Waals surface area contributed by atoms with Gasteiger partial charge >= 0.3 is 5.97 Å². The van der Waals surface area contributed by atoms with Crippen molar-refractivity contribution in [2.45, 2.75) is 18.4 Å². The van der Waals surface area contributed by atoms with Gasteiger partial charge in [-0.25, -0.2) is 4.79 Å². The molecule has 1 aromatic heterocycles. The summed E-state index contributed by atoms with van der Waals surface area (Å²) in [6.45, 7) is 1.04. The van der Waals surface area contributed by atoms with E-state index in [1.807, 2.05) is 18.2 Å². The van der Waals surface area contributed by atoms with Crippen LogP contribution in [0.3, 0.4) is 0 Å². The summed E-state index contributed by atoms with van der Waals surface area (Å²) >= 11 is 0. The molecule has 0 N–H and O–H groups in total. The molecule has 1 amide bonds. The van der Waals surface area contributed by atoms with Crippen molar-refractivity contribution in [3.05, 3.63) is 65.6 Å². The van der Waals surface area contributed by atoms with E-state index >= 15 is 0 Å². The molecule has 5 heteroatoms. The molecule has 0 saturated carbocycles. The smallest absolute Gasteiger partial charge is 0.339 e. The van der Waals surface area contributed by atoms with Gasteiger partial charge in [-0.3, -0.25) is 4.79 Å². The van der Waals surface area contributed by atoms with Crippen LogP contribution in [-0.4, -0.2) is 29.9 Å². The molecule has 2 aromatic rings. The molecule has 2 aliphatic heterocycles. The minimum atomic E-state index is -0.708. The van der Waals surface area contributed by atoms with Gasteiger partial charge in [0.15, 0.2) is 5.60 Å². The highest BCUT2D eigenvalue weighted by Gasteiger charge is 2.48. The van der Waals surface area contributed by atoms with Crippen LogP contribution in [0.1, 0.15) is 34.5 Å². The number of hydrogen-bond donors (Lipinski definition) is 0. The number of likely N-dealkylation sites (tertiary alicyclic amines) is 1. The zero-order chi connectivity index (χ0) is 16.6. The first-order valence-electron chi connectivity index (χ1n) is 8.01. The number of nitrogens with zero attached hydrogens (tertiary/aromatic N) is 1. The maximum absolute atomic E-state index is 12.5. The highest BCUT2D eigenvalue weighted by atomic mass is 16.6. The second-order valence-electron chi connectivity index (χ2n) is 6.14. The second-order valence-corrected chi connectivity index (χ2v) is 6.14. The monoisotopic (exact) mass is 323 g/mol. The fourth-order valence-electron chi connectivity index (χ4n) is 3.50. The number of esters is 1. The quantitative estimate of drug-likeness (QED) is 0.630. The van der Waals surface area contributed by atoms with Crippen LogP contribution in [0.4, 0.5) is 0 Å². The minimum Gasteiger partial charge on any atom is -0.465 e. The van der Waals surface area contributed by atoms with Gasteiger partial charge in [0.05, 0.1) is 18.4 Å². The molecule has 1 aromatic carbocycles. The highest BCUT2D eigenvalue weighted by molar-refractivity contribution is 5.95. The van der Waals surface area contributed by atoms with E-state index in [2.05, 4.69) is 0 Å². The Hall–Kier alpha value is -2.82. The number of ether oxygens (including phenoxy) is 1. The number of hydrogen-bond acceptors (Lipinski definition) is 4. The van der Waals surface area contributed by atoms with Gasteiger partial charge < -0.3 is 14.1 Å². The normalized spacial score (nSPS) is 22.8. The number of carbonyl (C=O) groups excluding carboxylic acids is 2. The van der Waals surface area contributed by atoms with Crippen molar-refractivity contribution in [2.24, 2.45) is 0 Å². The average Bonchev–Trinajstić information content (AvgIpc) is 3.21. The first-order chi connectivity index (χ1) is 11.7. The van der Waals surface area contributed by atoms with Crippen LogP contribution in [-0.2, 0) is 15.1 Å². The number of piperidine rings is 1. The molecule has 1 spiro atoms. The van der Waals surface area contributed by atoms with E-state index in [9.17, 15) is 9.59 Å². The third-order valence-electron chi connectivity index (χ3n) is 4.63. The van der Waals surface area contributed by atoms with Gasteiger partial charge in [-0.15, -0.1) is 0 Å². The summed E-state index contributed by atoms with van der Waals surface area (Å²) < 4.78 is 10.9. The molecule has 2 aliphatic rings. The number of furan rings is 1. The molecule has 1 fully saturated rings. The predicted molar refractivity (Wildman–Crippen MR) is 87.1 cm³/mol. The topological polar surface area (TPSA) is 59.8 Å². The lowest BCUT2D eigenvalue weighted by molar-refractivity contribution is -0.133. The van der Waals surface area contributed by atoms with E-state index in [-0.39, 0.29) is 11.9 Å². The lowest BCUT2D eigenvalue weighted by Crippen LogP contribution is -2.48. The summed E-state index contributed by atoms with van der Waals surface area (Å²) in [5, 5.41) is 0. The van der Waals surface area contributed by atoms with E-state index in [1.54, 1.807) is 35.4 Å². The van der Waals surface area contributed by atoms with Gasteiger partial charge in [-0.2, -0.15) is 0 Å². The maximum Gasteiger partial charge on any atom is 0.339 e. The van der Waals surface area contributed by atoms with Gasteiger partial charge in [0.2, 0.25) is 5.91 Å². The van der Waals surface area contributed by atoms with Crippen molar-refractivity contribution >= 4 is 18.0 Å². The van der Waals surface area contributed by atoms with Gasteiger partial charge in [-0.1, -0.05) is 18.2 Å². The first kappa shape index (κ1) is 14.8. The van der Waals surface area contributed by atoms with Crippen molar-refractivity contribution in [3.8, 4) is 0 Å². The summed E-state index contributed by atoms with van der Waals surface area (Å²) in [7, 11) is 0. The average molecular weight is 323 g/mol. The number of benzene rings is 1. The predicted octanol–water partition coefficient (Wildman–Crippen LogP) is 2.98. The zero-order valence-corrected chi connectivity index (χ0v) is 13.1. The number of amides is 1. The largest absolute Gasteiger partial charge is 0.465 e. The van der Waals surface area contributed by atoms with Gasteiger partial charge in [-0.05, 0) is 37.1 Å². The number of fused-ring (bicyclic) bond motifs is 2. The van der Waals surface area contributed by atoms with Crippen molar-refractivity contribution in [2.75, 3.05) is 13.1 Å². The number of carbonyl (C=O) groups is 2. The Morgan fingerprint density at radius 3 is 2.92 bits per heavy atom. The van der Waals surface area contributed by atoms with Gasteiger partial charge in [0, 0.05) is 18.2 Å². The summed E-state index contributed by atoms with van der Waals surface area (Å²) in [4.78, 5) is 26.4. The highest BCUT2D eigenvalue weighted by Crippen LogP contribution is 2.42. The Kier molecular flexibility index (Phi) is 3.49. The van der Waals surface area contributed by atoms with Crippen LogP contribution in [0, 0.1) is 0 Å². The molecule has 122 valence electrons. The Morgan fingerprint density at radius 1 is 1.21 bits per heavy atom. The van der Waals surface area contributed by atoms with Crippen LogP contribution in [0.25, 0.3) is 6.08 Å². The molecule has 0 aliphatic carbocycles.